The average molecular weight is 262 g/mol. The topological polar surface area (TPSA) is 55.6 Å². The van der Waals surface area contributed by atoms with Crippen LogP contribution in [0.2, 0.25) is 0 Å². The molecule has 2 N–H and O–H groups in total. The van der Waals surface area contributed by atoms with Gasteiger partial charge in [0.25, 0.3) is 0 Å². The maximum Gasteiger partial charge on any atom is 0.219 e. The average Bonchev–Trinajstić information content (AvgIpc) is 2.38. The monoisotopic (exact) mass is 262 g/mol. The van der Waals surface area contributed by atoms with E-state index in [0.717, 1.165) is 24.3 Å². The summed E-state index contributed by atoms with van der Waals surface area (Å²) in [5.41, 5.74) is 8.58. The second kappa shape index (κ2) is 5.61. The molecule has 1 aromatic carbocycles. The minimum absolute atomic E-state index is 0.0331. The molecule has 1 aliphatic heterocycles. The lowest BCUT2D eigenvalue weighted by atomic mass is 9.85. The third kappa shape index (κ3) is 2.89. The zero-order valence-corrected chi connectivity index (χ0v) is 11.8. The lowest BCUT2D eigenvalue weighted by Crippen LogP contribution is -2.49. The Hall–Kier alpha value is -1.55. The molecule has 1 heterocycles. The molecule has 104 valence electrons. The molecule has 0 radical (unpaired) electrons. The van der Waals surface area contributed by atoms with Crippen LogP contribution in [0.25, 0.3) is 0 Å². The van der Waals surface area contributed by atoms with E-state index in [1.807, 2.05) is 17.9 Å². The molecule has 0 bridgehead atoms. The van der Waals surface area contributed by atoms with Crippen molar-refractivity contribution in [2.45, 2.75) is 32.2 Å². The summed E-state index contributed by atoms with van der Waals surface area (Å²) in [5, 5.41) is 0. The molecule has 0 spiro atoms. The van der Waals surface area contributed by atoms with Crippen LogP contribution in [0, 0.1) is 6.92 Å². The number of ether oxygens (including phenoxy) is 1. The van der Waals surface area contributed by atoms with Crippen LogP contribution in [0.3, 0.4) is 0 Å². The zero-order valence-electron chi connectivity index (χ0n) is 11.8. The van der Waals surface area contributed by atoms with Gasteiger partial charge in [0, 0.05) is 32.0 Å². The first-order valence-electron chi connectivity index (χ1n) is 6.68. The van der Waals surface area contributed by atoms with Gasteiger partial charge in [-0.2, -0.15) is 0 Å². The number of hydrogen-bond donors (Lipinski definition) is 1. The number of carbonyl (C=O) groups is 1. The van der Waals surface area contributed by atoms with Crippen LogP contribution >= 0.6 is 0 Å². The highest BCUT2D eigenvalue weighted by Crippen LogP contribution is 2.34. The standard InChI is InChI=1S/C15H22N2O2/c1-10-4-5-13(15(8-10)19-3)12-6-7-17(11(2)18)9-14(12)16/h4-5,8,12,14H,6-7,9,16H2,1-3H3. The van der Waals surface area contributed by atoms with Crippen LogP contribution in [0.15, 0.2) is 18.2 Å². The van der Waals surface area contributed by atoms with Gasteiger partial charge in [0.15, 0.2) is 0 Å². The van der Waals surface area contributed by atoms with Gasteiger partial charge in [-0.05, 0) is 30.5 Å². The summed E-state index contributed by atoms with van der Waals surface area (Å²) in [6.45, 7) is 5.03. The third-order valence-corrected chi connectivity index (χ3v) is 3.89. The number of nitrogens with zero attached hydrogens (tertiary/aromatic N) is 1. The van der Waals surface area contributed by atoms with E-state index in [2.05, 4.69) is 12.1 Å². The molecule has 1 fully saturated rings. The molecule has 2 rings (SSSR count). The van der Waals surface area contributed by atoms with Crippen molar-refractivity contribution in [3.05, 3.63) is 29.3 Å². The molecule has 4 heteroatoms. The number of methoxy groups -OCH3 is 1. The summed E-state index contributed by atoms with van der Waals surface area (Å²) in [5.74, 6) is 1.26. The van der Waals surface area contributed by atoms with Gasteiger partial charge in [-0.3, -0.25) is 4.79 Å². The largest absolute Gasteiger partial charge is 0.496 e. The second-order valence-corrected chi connectivity index (χ2v) is 5.27. The van der Waals surface area contributed by atoms with E-state index >= 15 is 0 Å². The number of benzene rings is 1. The van der Waals surface area contributed by atoms with E-state index in [4.69, 9.17) is 10.5 Å². The van der Waals surface area contributed by atoms with Crippen LogP contribution < -0.4 is 10.5 Å². The molecule has 0 aliphatic carbocycles. The summed E-state index contributed by atoms with van der Waals surface area (Å²) in [7, 11) is 1.69. The van der Waals surface area contributed by atoms with E-state index < -0.39 is 0 Å². The van der Waals surface area contributed by atoms with Gasteiger partial charge in [-0.25, -0.2) is 0 Å². The number of amides is 1. The summed E-state index contributed by atoms with van der Waals surface area (Å²) >= 11 is 0. The molecule has 1 amide bonds. The van der Waals surface area contributed by atoms with Crippen molar-refractivity contribution in [3.63, 3.8) is 0 Å². The maximum atomic E-state index is 11.4. The minimum atomic E-state index is -0.0331. The van der Waals surface area contributed by atoms with Gasteiger partial charge in [-0.15, -0.1) is 0 Å². The van der Waals surface area contributed by atoms with E-state index in [1.165, 1.54) is 5.56 Å². The fourth-order valence-corrected chi connectivity index (χ4v) is 2.78. The smallest absolute Gasteiger partial charge is 0.219 e. The van der Waals surface area contributed by atoms with E-state index in [-0.39, 0.29) is 17.9 Å². The summed E-state index contributed by atoms with van der Waals surface area (Å²) in [6, 6.07) is 6.19. The number of likely N-dealkylation sites (tertiary alicyclic amines) is 1. The van der Waals surface area contributed by atoms with Gasteiger partial charge < -0.3 is 15.4 Å². The first kappa shape index (κ1) is 13.9. The van der Waals surface area contributed by atoms with Gasteiger partial charge in [0.2, 0.25) is 5.91 Å². The number of carbonyl (C=O) groups excluding carboxylic acids is 1. The SMILES string of the molecule is COc1cc(C)ccc1C1CCN(C(C)=O)CC1N. The zero-order chi connectivity index (χ0) is 14.0. The highest BCUT2D eigenvalue weighted by molar-refractivity contribution is 5.73. The Morgan fingerprint density at radius 3 is 2.79 bits per heavy atom. The predicted molar refractivity (Wildman–Crippen MR) is 75.3 cm³/mol. The van der Waals surface area contributed by atoms with Gasteiger partial charge in [-0.1, -0.05) is 12.1 Å². The molecule has 1 aromatic rings. The lowest BCUT2D eigenvalue weighted by Gasteiger charge is -2.37. The van der Waals surface area contributed by atoms with Gasteiger partial charge in [0.05, 0.1) is 7.11 Å². The fourth-order valence-electron chi connectivity index (χ4n) is 2.78. The van der Waals surface area contributed by atoms with Crippen LogP contribution in [0.1, 0.15) is 30.4 Å². The highest BCUT2D eigenvalue weighted by atomic mass is 16.5. The van der Waals surface area contributed by atoms with Crippen LogP contribution in [-0.4, -0.2) is 37.0 Å². The maximum absolute atomic E-state index is 11.4. The Labute approximate surface area is 114 Å². The molecule has 1 saturated heterocycles. The molecule has 2 unspecified atom stereocenters. The van der Waals surface area contributed by atoms with E-state index in [9.17, 15) is 4.79 Å². The molecule has 1 aliphatic rings. The van der Waals surface area contributed by atoms with E-state index in [1.54, 1.807) is 14.0 Å². The Balaban J connectivity index is 2.21. The molecule has 19 heavy (non-hydrogen) atoms. The van der Waals surface area contributed by atoms with Gasteiger partial charge >= 0.3 is 0 Å². The third-order valence-electron chi connectivity index (χ3n) is 3.89. The Morgan fingerprint density at radius 2 is 2.21 bits per heavy atom. The van der Waals surface area contributed by atoms with Crippen LogP contribution in [0.4, 0.5) is 0 Å². The number of hydrogen-bond acceptors (Lipinski definition) is 3. The summed E-state index contributed by atoms with van der Waals surface area (Å²) in [6.07, 6.45) is 0.889. The van der Waals surface area contributed by atoms with E-state index in [0.29, 0.717) is 6.54 Å². The molecule has 2 atom stereocenters. The first-order chi connectivity index (χ1) is 9.02. The van der Waals surface area contributed by atoms with Crippen LogP contribution in [-0.2, 0) is 4.79 Å². The predicted octanol–water partition coefficient (Wildman–Crippen LogP) is 1.67. The Bertz CT molecular complexity index is 473. The highest BCUT2D eigenvalue weighted by Gasteiger charge is 2.30. The Kier molecular flexibility index (Phi) is 4.10. The molecular weight excluding hydrogens is 240 g/mol. The molecule has 0 saturated carbocycles. The minimum Gasteiger partial charge on any atom is -0.496 e. The van der Waals surface area contributed by atoms with Crippen molar-refractivity contribution in [1.29, 1.82) is 0 Å². The number of nitrogens with two attached hydrogens (primary N) is 1. The molecule has 0 aromatic heterocycles. The van der Waals surface area contributed by atoms with Gasteiger partial charge in [0.1, 0.15) is 5.75 Å². The summed E-state index contributed by atoms with van der Waals surface area (Å²) in [4.78, 5) is 13.2. The molecule has 4 nitrogen and oxygen atoms in total. The normalized spacial score (nSPS) is 23.3. The number of rotatable bonds is 2. The summed E-state index contributed by atoms with van der Waals surface area (Å²) < 4.78 is 5.47. The van der Waals surface area contributed by atoms with Crippen LogP contribution in [0.5, 0.6) is 5.75 Å². The quantitative estimate of drug-likeness (QED) is 0.882. The fraction of sp³-hybridized carbons (Fsp3) is 0.533. The van der Waals surface area contributed by atoms with Crippen molar-refractivity contribution < 1.29 is 9.53 Å². The second-order valence-electron chi connectivity index (χ2n) is 5.27. The van der Waals surface area contributed by atoms with Crippen molar-refractivity contribution in [2.24, 2.45) is 5.73 Å². The van der Waals surface area contributed by atoms with Crippen molar-refractivity contribution >= 4 is 5.91 Å². The number of aryl methyl sites for hydroxylation is 1. The Morgan fingerprint density at radius 1 is 1.47 bits per heavy atom. The lowest BCUT2D eigenvalue weighted by molar-refractivity contribution is -0.130. The van der Waals surface area contributed by atoms with Crippen molar-refractivity contribution in [2.75, 3.05) is 20.2 Å². The first-order valence-corrected chi connectivity index (χ1v) is 6.68. The molecular formula is C15H22N2O2. The van der Waals surface area contributed by atoms with Crippen molar-refractivity contribution in [1.82, 2.24) is 4.90 Å². The van der Waals surface area contributed by atoms with Crippen molar-refractivity contribution in [3.8, 4) is 5.75 Å². The number of piperidine rings is 1.